The first-order valence-electron chi connectivity index (χ1n) is 22.3. The Hall–Kier alpha value is -3.28. The average Bonchev–Trinajstić information content (AvgIpc) is 3.79. The molecule has 0 fully saturated rings. The fourth-order valence-electron chi connectivity index (χ4n) is 8.31. The van der Waals surface area contributed by atoms with E-state index in [1.165, 1.54) is 25.7 Å². The second kappa shape index (κ2) is 25.0. The summed E-state index contributed by atoms with van der Waals surface area (Å²) >= 11 is 0. The normalized spacial score (nSPS) is 13.8. The van der Waals surface area contributed by atoms with Crippen LogP contribution in [-0.4, -0.2) is 21.4 Å². The van der Waals surface area contributed by atoms with Crippen molar-refractivity contribution in [3.63, 3.8) is 0 Å². The van der Waals surface area contributed by atoms with Gasteiger partial charge in [-0.1, -0.05) is 145 Å². The van der Waals surface area contributed by atoms with Gasteiger partial charge in [0.1, 0.15) is 0 Å². The van der Waals surface area contributed by atoms with Crippen LogP contribution in [0.5, 0.6) is 0 Å². The topological polar surface area (TPSA) is 62.5 Å². The quantitative estimate of drug-likeness (QED) is 0.0695. The summed E-state index contributed by atoms with van der Waals surface area (Å²) in [6.45, 7) is 17.8. The maximum absolute atomic E-state index is 14.4. The van der Waals surface area contributed by atoms with Crippen LogP contribution in [-0.2, 0) is 0 Å². The number of rotatable bonds is 28. The van der Waals surface area contributed by atoms with Crippen LogP contribution in [0.2, 0.25) is 0 Å². The molecule has 54 heavy (non-hydrogen) atoms. The lowest BCUT2D eigenvalue weighted by molar-refractivity contribution is 0.0374. The Labute approximate surface area is 329 Å². The first-order chi connectivity index (χ1) is 26.3. The van der Waals surface area contributed by atoms with Gasteiger partial charge in [0.05, 0.1) is 33.9 Å². The molecule has 0 bridgehead atoms. The molecule has 0 aliphatic carbocycles. The summed E-state index contributed by atoms with van der Waals surface area (Å²) in [6, 6.07) is 15.8. The number of hydrogen-bond acceptors (Lipinski definition) is 4. The minimum absolute atomic E-state index is 0.231. The van der Waals surface area contributed by atoms with E-state index in [9.17, 15) is 9.59 Å². The van der Waals surface area contributed by atoms with Crippen LogP contribution in [0.15, 0.2) is 48.5 Å². The van der Waals surface area contributed by atoms with Crippen molar-refractivity contribution in [1.82, 2.24) is 9.46 Å². The highest BCUT2D eigenvalue weighted by Crippen LogP contribution is 2.35. The van der Waals surface area contributed by atoms with Crippen molar-refractivity contribution < 1.29 is 19.3 Å². The maximum atomic E-state index is 14.4. The molecule has 6 nitrogen and oxygen atoms in total. The van der Waals surface area contributed by atoms with Crippen molar-refractivity contribution >= 4 is 11.9 Å². The van der Waals surface area contributed by atoms with E-state index in [0.29, 0.717) is 11.8 Å². The first kappa shape index (κ1) is 45.1. The molecule has 0 saturated heterocycles. The van der Waals surface area contributed by atoms with E-state index in [2.05, 4.69) is 79.7 Å². The minimum Gasteiger partial charge on any atom is -0.331 e. The molecule has 0 radical (unpaired) electrons. The molecule has 3 rings (SSSR count). The molecular weight excluding hydrogens is 669 g/mol. The van der Waals surface area contributed by atoms with Crippen LogP contribution < -0.4 is 9.68 Å². The Balaban J connectivity index is 2.06. The zero-order valence-electron chi connectivity index (χ0n) is 35.6. The zero-order valence-corrected chi connectivity index (χ0v) is 35.6. The summed E-state index contributed by atoms with van der Waals surface area (Å²) < 4.78 is 3.71. The lowest BCUT2D eigenvalue weighted by Gasteiger charge is -2.24. The van der Waals surface area contributed by atoms with E-state index in [0.717, 1.165) is 126 Å². The summed E-state index contributed by atoms with van der Waals surface area (Å²) in [7, 11) is 0. The van der Waals surface area contributed by atoms with Crippen LogP contribution in [0.1, 0.15) is 251 Å². The van der Waals surface area contributed by atoms with Gasteiger partial charge in [-0.05, 0) is 87.8 Å². The molecule has 0 spiro atoms. The third-order valence-electron chi connectivity index (χ3n) is 11.6. The number of nitrogens with zero attached hydrogens (tertiary/aromatic N) is 2. The number of benzene rings is 1. The molecule has 0 aliphatic heterocycles. The maximum Gasteiger partial charge on any atom is 0.364 e. The molecule has 0 amide bonds. The third kappa shape index (κ3) is 12.6. The fraction of sp³-hybridized carbons (Fsp3) is 0.667. The summed E-state index contributed by atoms with van der Waals surface area (Å²) in [4.78, 5) is 41.7. The fourth-order valence-corrected chi connectivity index (χ4v) is 8.31. The summed E-state index contributed by atoms with van der Waals surface area (Å²) in [5.74, 6) is 0.100. The Kier molecular flexibility index (Phi) is 20.9. The van der Waals surface area contributed by atoms with E-state index in [1.54, 1.807) is 24.3 Å². The lowest BCUT2D eigenvalue weighted by atomic mass is 9.94. The third-order valence-corrected chi connectivity index (χ3v) is 11.6. The van der Waals surface area contributed by atoms with Crippen molar-refractivity contribution in [1.29, 1.82) is 0 Å². The van der Waals surface area contributed by atoms with Gasteiger partial charge < -0.3 is 9.68 Å². The second-order valence-corrected chi connectivity index (χ2v) is 15.7. The van der Waals surface area contributed by atoms with Crippen molar-refractivity contribution in [3.05, 3.63) is 82.4 Å². The number of hydrogen-bond donors (Lipinski definition) is 0. The molecule has 0 saturated carbocycles. The first-order valence-corrected chi connectivity index (χ1v) is 22.3. The van der Waals surface area contributed by atoms with Gasteiger partial charge in [0.2, 0.25) is 0 Å². The van der Waals surface area contributed by atoms with Gasteiger partial charge in [0.25, 0.3) is 0 Å². The molecule has 4 atom stereocenters. The van der Waals surface area contributed by atoms with E-state index in [4.69, 9.17) is 9.68 Å². The molecular formula is C48H76N2O4. The minimum atomic E-state index is -0.527. The molecule has 3 aromatic rings. The van der Waals surface area contributed by atoms with Gasteiger partial charge in [-0.2, -0.15) is 9.46 Å². The molecule has 2 aromatic heterocycles. The van der Waals surface area contributed by atoms with Crippen molar-refractivity contribution in [2.75, 3.05) is 0 Å². The van der Waals surface area contributed by atoms with E-state index < -0.39 is 11.9 Å². The predicted octanol–water partition coefficient (Wildman–Crippen LogP) is 14.1. The van der Waals surface area contributed by atoms with Crippen LogP contribution in [0.25, 0.3) is 0 Å². The summed E-state index contributed by atoms with van der Waals surface area (Å²) in [5, 5.41) is 0. The van der Waals surface area contributed by atoms with Gasteiger partial charge >= 0.3 is 11.9 Å². The smallest absolute Gasteiger partial charge is 0.331 e. The van der Waals surface area contributed by atoms with E-state index in [-0.39, 0.29) is 23.0 Å². The summed E-state index contributed by atoms with van der Waals surface area (Å²) in [5.41, 5.74) is 4.69. The highest BCUT2D eigenvalue weighted by Gasteiger charge is 2.29. The van der Waals surface area contributed by atoms with Crippen molar-refractivity contribution in [2.24, 2.45) is 0 Å². The van der Waals surface area contributed by atoms with Gasteiger partial charge in [-0.15, -0.1) is 0 Å². The van der Waals surface area contributed by atoms with Gasteiger partial charge in [-0.25, -0.2) is 9.59 Å². The van der Waals surface area contributed by atoms with Crippen LogP contribution >= 0.6 is 0 Å². The molecule has 2 heterocycles. The number of aromatic nitrogens is 2. The zero-order chi connectivity index (χ0) is 39.3. The largest absolute Gasteiger partial charge is 0.364 e. The Morgan fingerprint density at radius 1 is 0.426 bits per heavy atom. The van der Waals surface area contributed by atoms with Crippen molar-refractivity contribution in [2.45, 2.75) is 207 Å². The second-order valence-electron chi connectivity index (χ2n) is 15.7. The highest BCUT2D eigenvalue weighted by atomic mass is 16.7. The molecule has 6 heteroatoms. The van der Waals surface area contributed by atoms with Crippen LogP contribution in [0.3, 0.4) is 0 Å². The van der Waals surface area contributed by atoms with E-state index >= 15 is 0 Å². The van der Waals surface area contributed by atoms with Gasteiger partial charge in [0.15, 0.2) is 0 Å². The molecule has 4 unspecified atom stereocenters. The number of carbonyl (C=O) groups is 2. The SMILES string of the molecule is CCCCCC(CC)c1ccc(C(CCC)CCCC)n1OC(=O)c1ccccc1C(=O)On1c(C(CC)CCCCC)ccc1C(CCC)CCCC. The lowest BCUT2D eigenvalue weighted by Crippen LogP contribution is -2.30. The van der Waals surface area contributed by atoms with Crippen LogP contribution in [0.4, 0.5) is 0 Å². The van der Waals surface area contributed by atoms with Gasteiger partial charge in [-0.3, -0.25) is 0 Å². The average molecular weight is 745 g/mol. The monoisotopic (exact) mass is 745 g/mol. The molecule has 0 N–H and O–H groups in total. The number of unbranched alkanes of at least 4 members (excludes halogenated alkanes) is 6. The summed E-state index contributed by atoms with van der Waals surface area (Å²) in [6.07, 6.45) is 21.8. The Morgan fingerprint density at radius 3 is 1.07 bits per heavy atom. The van der Waals surface area contributed by atoms with Gasteiger partial charge in [0, 0.05) is 23.7 Å². The van der Waals surface area contributed by atoms with E-state index in [1.807, 2.05) is 9.46 Å². The van der Waals surface area contributed by atoms with Crippen LogP contribution in [0, 0.1) is 0 Å². The predicted molar refractivity (Wildman–Crippen MR) is 226 cm³/mol. The number of carbonyl (C=O) groups excluding carboxylic acids is 2. The van der Waals surface area contributed by atoms with Crippen molar-refractivity contribution in [3.8, 4) is 0 Å². The molecule has 1 aromatic carbocycles. The highest BCUT2D eigenvalue weighted by molar-refractivity contribution is 6.03. The Bertz CT molecular complexity index is 1390. The molecule has 302 valence electrons. The Morgan fingerprint density at radius 2 is 0.759 bits per heavy atom. The molecule has 0 aliphatic rings. The standard InChI is InChI=1S/C48H76N2O4/c1-9-17-21-29-37(15-7)43-33-35-45(39(25-13-5)27-19-11-3)49(43)53-47(51)41-31-23-24-32-42(41)48(52)54-50-44(38(16-8)30-22-18-10-2)34-36-46(50)40(26-14-6)28-20-12-4/h23-24,31-40H,9-22,25-30H2,1-8H3.